The smallest absolute Gasteiger partial charge is 0.246 e. The fourth-order valence-corrected chi connectivity index (χ4v) is 3.18. The highest BCUT2D eigenvalue weighted by Crippen LogP contribution is 2.37. The fraction of sp³-hybridized carbons (Fsp3) is 0.923. The van der Waals surface area contributed by atoms with Gasteiger partial charge in [0.2, 0.25) is 5.91 Å². The lowest BCUT2D eigenvalue weighted by atomic mass is 9.88. The lowest BCUT2D eigenvalue weighted by Crippen LogP contribution is -2.42. The highest BCUT2D eigenvalue weighted by Gasteiger charge is 2.31. The standard InChI is InChI=1S/C13H25NO2S/c1-3-9-16-10-12(15)14-11-13(17-2)7-5-4-6-8-13/h3-11H2,1-2H3,(H,14,15). The van der Waals surface area contributed by atoms with E-state index < -0.39 is 0 Å². The maximum absolute atomic E-state index is 11.6. The molecule has 0 spiro atoms. The van der Waals surface area contributed by atoms with E-state index in [4.69, 9.17) is 4.74 Å². The lowest BCUT2D eigenvalue weighted by molar-refractivity contribution is -0.125. The SMILES string of the molecule is CCCOCC(=O)NCC1(SC)CCCCC1. The van der Waals surface area contributed by atoms with Crippen LogP contribution in [0.3, 0.4) is 0 Å². The monoisotopic (exact) mass is 259 g/mol. The number of thioether (sulfide) groups is 1. The van der Waals surface area contributed by atoms with Crippen molar-refractivity contribution in [1.82, 2.24) is 5.32 Å². The fourth-order valence-electron chi connectivity index (χ4n) is 2.27. The number of carbonyl (C=O) groups excluding carboxylic acids is 1. The van der Waals surface area contributed by atoms with Crippen molar-refractivity contribution in [1.29, 1.82) is 0 Å². The molecule has 0 heterocycles. The van der Waals surface area contributed by atoms with E-state index in [1.165, 1.54) is 32.1 Å². The summed E-state index contributed by atoms with van der Waals surface area (Å²) in [5, 5.41) is 3.02. The van der Waals surface area contributed by atoms with Gasteiger partial charge in [-0.15, -0.1) is 0 Å². The van der Waals surface area contributed by atoms with E-state index in [9.17, 15) is 4.79 Å². The quantitative estimate of drug-likeness (QED) is 0.714. The minimum absolute atomic E-state index is 0.0254. The third kappa shape index (κ3) is 5.30. The number of nitrogens with one attached hydrogen (secondary N) is 1. The molecule has 3 nitrogen and oxygen atoms in total. The van der Waals surface area contributed by atoms with Gasteiger partial charge in [0.05, 0.1) is 0 Å². The molecule has 1 fully saturated rings. The Labute approximate surface area is 109 Å². The molecule has 0 saturated heterocycles. The molecule has 1 aliphatic rings. The number of carbonyl (C=O) groups is 1. The van der Waals surface area contributed by atoms with Crippen LogP contribution in [0.1, 0.15) is 45.4 Å². The molecule has 0 aromatic carbocycles. The minimum atomic E-state index is 0.0254. The highest BCUT2D eigenvalue weighted by atomic mass is 32.2. The highest BCUT2D eigenvalue weighted by molar-refractivity contribution is 8.00. The summed E-state index contributed by atoms with van der Waals surface area (Å²) >= 11 is 1.91. The van der Waals surface area contributed by atoms with Crippen molar-refractivity contribution in [2.75, 3.05) is 26.0 Å². The molecule has 0 radical (unpaired) electrons. The average Bonchev–Trinajstić information content (AvgIpc) is 2.38. The van der Waals surface area contributed by atoms with Crippen LogP contribution in [0.15, 0.2) is 0 Å². The molecule has 1 amide bonds. The van der Waals surface area contributed by atoms with Crippen molar-refractivity contribution in [2.45, 2.75) is 50.2 Å². The molecule has 100 valence electrons. The van der Waals surface area contributed by atoms with E-state index in [1.807, 2.05) is 18.7 Å². The Hall–Kier alpha value is -0.220. The van der Waals surface area contributed by atoms with E-state index in [2.05, 4.69) is 11.6 Å². The van der Waals surface area contributed by atoms with Gasteiger partial charge in [-0.2, -0.15) is 11.8 Å². The minimum Gasteiger partial charge on any atom is -0.372 e. The van der Waals surface area contributed by atoms with Crippen molar-refractivity contribution >= 4 is 17.7 Å². The molecule has 1 aliphatic carbocycles. The summed E-state index contributed by atoms with van der Waals surface area (Å²) in [7, 11) is 0. The van der Waals surface area contributed by atoms with E-state index in [0.717, 1.165) is 13.0 Å². The van der Waals surface area contributed by atoms with Crippen molar-refractivity contribution in [3.63, 3.8) is 0 Å². The number of hydrogen-bond donors (Lipinski definition) is 1. The summed E-state index contributed by atoms with van der Waals surface area (Å²) in [6.07, 6.45) is 9.50. The molecular weight excluding hydrogens is 234 g/mol. The molecule has 1 saturated carbocycles. The van der Waals surface area contributed by atoms with E-state index in [-0.39, 0.29) is 17.3 Å². The predicted molar refractivity (Wildman–Crippen MR) is 73.5 cm³/mol. The predicted octanol–water partition coefficient (Wildman–Crippen LogP) is 2.60. The first kappa shape index (κ1) is 14.8. The van der Waals surface area contributed by atoms with Crippen molar-refractivity contribution in [3.8, 4) is 0 Å². The first-order chi connectivity index (χ1) is 8.22. The van der Waals surface area contributed by atoms with E-state index in [1.54, 1.807) is 0 Å². The molecule has 0 aromatic rings. The van der Waals surface area contributed by atoms with E-state index >= 15 is 0 Å². The molecule has 17 heavy (non-hydrogen) atoms. The number of hydrogen-bond acceptors (Lipinski definition) is 3. The summed E-state index contributed by atoms with van der Waals surface area (Å²) < 4.78 is 5.51. The normalized spacial score (nSPS) is 18.9. The molecule has 0 bridgehead atoms. The Balaban J connectivity index is 2.24. The molecule has 1 N–H and O–H groups in total. The Morgan fingerprint density at radius 2 is 2.06 bits per heavy atom. The van der Waals surface area contributed by atoms with Crippen LogP contribution in [0.5, 0.6) is 0 Å². The third-order valence-electron chi connectivity index (χ3n) is 3.39. The van der Waals surface area contributed by atoms with Gasteiger partial charge < -0.3 is 10.1 Å². The molecule has 0 atom stereocenters. The van der Waals surface area contributed by atoms with Crippen LogP contribution in [0.4, 0.5) is 0 Å². The Morgan fingerprint density at radius 3 is 2.65 bits per heavy atom. The topological polar surface area (TPSA) is 38.3 Å². The largest absolute Gasteiger partial charge is 0.372 e. The number of amides is 1. The van der Waals surface area contributed by atoms with Gasteiger partial charge in [-0.25, -0.2) is 0 Å². The van der Waals surface area contributed by atoms with Crippen LogP contribution in [0.2, 0.25) is 0 Å². The molecule has 1 rings (SSSR count). The van der Waals surface area contributed by atoms with Crippen molar-refractivity contribution in [2.24, 2.45) is 0 Å². The van der Waals surface area contributed by atoms with Crippen LogP contribution >= 0.6 is 11.8 Å². The summed E-state index contributed by atoms with van der Waals surface area (Å²) in [5.74, 6) is 0.0254. The van der Waals surface area contributed by atoms with Gasteiger partial charge in [0, 0.05) is 17.9 Å². The van der Waals surface area contributed by atoms with Crippen LogP contribution in [0.25, 0.3) is 0 Å². The van der Waals surface area contributed by atoms with Crippen LogP contribution in [0, 0.1) is 0 Å². The first-order valence-electron chi connectivity index (χ1n) is 6.62. The zero-order chi connectivity index (χ0) is 12.6. The Bertz CT molecular complexity index is 227. The zero-order valence-electron chi connectivity index (χ0n) is 11.1. The molecule has 0 aliphatic heterocycles. The van der Waals surface area contributed by atoms with Crippen LogP contribution < -0.4 is 5.32 Å². The van der Waals surface area contributed by atoms with Gasteiger partial charge in [-0.05, 0) is 25.5 Å². The Kier molecular flexibility index (Phi) is 6.97. The molecule has 4 heteroatoms. The van der Waals surface area contributed by atoms with E-state index in [0.29, 0.717) is 6.61 Å². The van der Waals surface area contributed by atoms with Gasteiger partial charge in [-0.1, -0.05) is 26.2 Å². The van der Waals surface area contributed by atoms with Gasteiger partial charge in [0.15, 0.2) is 0 Å². The second-order valence-electron chi connectivity index (χ2n) is 4.78. The Morgan fingerprint density at radius 1 is 1.35 bits per heavy atom. The summed E-state index contributed by atoms with van der Waals surface area (Å²) in [6.45, 7) is 3.71. The second-order valence-corrected chi connectivity index (χ2v) is 6.05. The summed E-state index contributed by atoms with van der Waals surface area (Å²) in [5.41, 5.74) is 0. The maximum Gasteiger partial charge on any atom is 0.246 e. The first-order valence-corrected chi connectivity index (χ1v) is 7.84. The zero-order valence-corrected chi connectivity index (χ0v) is 11.9. The van der Waals surface area contributed by atoms with Gasteiger partial charge in [0.25, 0.3) is 0 Å². The summed E-state index contributed by atoms with van der Waals surface area (Å²) in [6, 6.07) is 0. The maximum atomic E-state index is 11.6. The van der Waals surface area contributed by atoms with Crippen LogP contribution in [-0.4, -0.2) is 36.7 Å². The average molecular weight is 259 g/mol. The molecule has 0 unspecified atom stereocenters. The molecular formula is C13H25NO2S. The molecule has 0 aromatic heterocycles. The van der Waals surface area contributed by atoms with Gasteiger partial charge in [-0.3, -0.25) is 4.79 Å². The van der Waals surface area contributed by atoms with Crippen molar-refractivity contribution in [3.05, 3.63) is 0 Å². The van der Waals surface area contributed by atoms with Gasteiger partial charge in [0.1, 0.15) is 6.61 Å². The summed E-state index contributed by atoms with van der Waals surface area (Å²) in [4.78, 5) is 11.6. The van der Waals surface area contributed by atoms with Crippen molar-refractivity contribution < 1.29 is 9.53 Å². The number of ether oxygens (including phenoxy) is 1. The second kappa shape index (κ2) is 7.98. The van der Waals surface area contributed by atoms with Gasteiger partial charge >= 0.3 is 0 Å². The lowest BCUT2D eigenvalue weighted by Gasteiger charge is -2.35. The third-order valence-corrected chi connectivity index (χ3v) is 4.81. The van der Waals surface area contributed by atoms with Crippen LogP contribution in [-0.2, 0) is 9.53 Å². The number of rotatable bonds is 7.